The maximum atomic E-state index is 12.3. The molecule has 6 nitrogen and oxygen atoms in total. The second-order valence-corrected chi connectivity index (χ2v) is 5.46. The van der Waals surface area contributed by atoms with Crippen LogP contribution in [0.2, 0.25) is 0 Å². The zero-order valence-electron chi connectivity index (χ0n) is 13.7. The van der Waals surface area contributed by atoms with E-state index in [-0.39, 0.29) is 5.91 Å². The Hall–Kier alpha value is -3.02. The first-order valence-electron chi connectivity index (χ1n) is 7.59. The Morgan fingerprint density at radius 1 is 1.29 bits per heavy atom. The number of carbonyl (C=O) groups is 1. The third-order valence-corrected chi connectivity index (χ3v) is 3.77. The van der Waals surface area contributed by atoms with Crippen LogP contribution in [0.3, 0.4) is 0 Å². The van der Waals surface area contributed by atoms with Crippen LogP contribution in [-0.4, -0.2) is 34.5 Å². The van der Waals surface area contributed by atoms with Crippen LogP contribution in [0, 0.1) is 0 Å². The lowest BCUT2D eigenvalue weighted by molar-refractivity contribution is 0.0748. The minimum Gasteiger partial charge on any atom is -0.497 e. The fraction of sp³-hybridized carbons (Fsp3) is 0.222. The van der Waals surface area contributed by atoms with Gasteiger partial charge in [0.1, 0.15) is 11.6 Å². The molecule has 124 valence electrons. The summed E-state index contributed by atoms with van der Waals surface area (Å²) in [5.74, 6) is 1.80. The summed E-state index contributed by atoms with van der Waals surface area (Å²) in [5, 5.41) is 0. The van der Waals surface area contributed by atoms with E-state index < -0.39 is 0 Å². The summed E-state index contributed by atoms with van der Waals surface area (Å²) in [7, 11) is 3.38. The molecule has 0 saturated heterocycles. The third kappa shape index (κ3) is 3.48. The van der Waals surface area contributed by atoms with Crippen molar-refractivity contribution in [1.82, 2.24) is 14.5 Å². The zero-order chi connectivity index (χ0) is 16.9. The zero-order valence-corrected chi connectivity index (χ0v) is 13.7. The van der Waals surface area contributed by atoms with Gasteiger partial charge in [-0.1, -0.05) is 12.1 Å². The van der Waals surface area contributed by atoms with Gasteiger partial charge in [-0.05, 0) is 29.8 Å². The van der Waals surface area contributed by atoms with Gasteiger partial charge < -0.3 is 18.6 Å². The molecule has 0 saturated carbocycles. The highest BCUT2D eigenvalue weighted by Crippen LogP contribution is 2.14. The van der Waals surface area contributed by atoms with Crippen LogP contribution in [-0.2, 0) is 13.1 Å². The van der Waals surface area contributed by atoms with E-state index in [9.17, 15) is 4.79 Å². The summed E-state index contributed by atoms with van der Waals surface area (Å²) < 4.78 is 12.3. The van der Waals surface area contributed by atoms with Gasteiger partial charge in [-0.2, -0.15) is 0 Å². The molecule has 0 spiro atoms. The molecule has 2 heterocycles. The SMILES string of the molecule is COc1ccc(Cn2ccnc2CN(C)C(=O)c2ccco2)cc1. The Morgan fingerprint density at radius 3 is 2.75 bits per heavy atom. The number of carbonyl (C=O) groups excluding carboxylic acids is 1. The molecular weight excluding hydrogens is 306 g/mol. The van der Waals surface area contributed by atoms with Crippen molar-refractivity contribution in [2.45, 2.75) is 13.1 Å². The fourth-order valence-corrected chi connectivity index (χ4v) is 2.44. The van der Waals surface area contributed by atoms with E-state index >= 15 is 0 Å². The van der Waals surface area contributed by atoms with E-state index in [1.54, 1.807) is 37.4 Å². The Bertz CT molecular complexity index is 791. The predicted molar refractivity (Wildman–Crippen MR) is 88.8 cm³/mol. The van der Waals surface area contributed by atoms with Gasteiger partial charge in [0.2, 0.25) is 0 Å². The summed E-state index contributed by atoms with van der Waals surface area (Å²) in [6.45, 7) is 1.09. The van der Waals surface area contributed by atoms with Crippen LogP contribution >= 0.6 is 0 Å². The first kappa shape index (κ1) is 15.9. The Morgan fingerprint density at radius 2 is 2.08 bits per heavy atom. The van der Waals surface area contributed by atoms with Crippen LogP contribution in [0.15, 0.2) is 59.5 Å². The average Bonchev–Trinajstić information content (AvgIpc) is 3.27. The molecule has 0 atom stereocenters. The van der Waals surface area contributed by atoms with Crippen LogP contribution in [0.1, 0.15) is 21.9 Å². The number of imidazole rings is 1. The average molecular weight is 325 g/mol. The highest BCUT2D eigenvalue weighted by Gasteiger charge is 2.16. The summed E-state index contributed by atoms with van der Waals surface area (Å²) >= 11 is 0. The molecule has 1 aromatic carbocycles. The van der Waals surface area contributed by atoms with Crippen molar-refractivity contribution in [2.75, 3.05) is 14.2 Å². The maximum absolute atomic E-state index is 12.3. The molecule has 24 heavy (non-hydrogen) atoms. The van der Waals surface area contributed by atoms with Gasteiger partial charge in [-0.15, -0.1) is 0 Å². The van der Waals surface area contributed by atoms with Crippen LogP contribution in [0.5, 0.6) is 5.75 Å². The van der Waals surface area contributed by atoms with Gasteiger partial charge in [0.25, 0.3) is 5.91 Å². The van der Waals surface area contributed by atoms with Crippen molar-refractivity contribution in [3.05, 3.63) is 72.2 Å². The molecule has 0 aliphatic heterocycles. The van der Waals surface area contributed by atoms with Crippen LogP contribution < -0.4 is 4.74 Å². The van der Waals surface area contributed by atoms with Crippen molar-refractivity contribution >= 4 is 5.91 Å². The molecule has 0 aliphatic carbocycles. The third-order valence-electron chi connectivity index (χ3n) is 3.77. The number of aromatic nitrogens is 2. The first-order valence-corrected chi connectivity index (χ1v) is 7.59. The molecule has 6 heteroatoms. The summed E-state index contributed by atoms with van der Waals surface area (Å²) in [6.07, 6.45) is 5.14. The Kier molecular flexibility index (Phi) is 4.65. The first-order chi connectivity index (χ1) is 11.7. The highest BCUT2D eigenvalue weighted by atomic mass is 16.5. The second-order valence-electron chi connectivity index (χ2n) is 5.46. The minimum absolute atomic E-state index is 0.168. The van der Waals surface area contributed by atoms with Crippen LogP contribution in [0.25, 0.3) is 0 Å². The number of furan rings is 1. The molecule has 1 amide bonds. The molecular formula is C18H19N3O3. The van der Waals surface area contributed by atoms with Gasteiger partial charge in [0.05, 0.1) is 19.9 Å². The molecule has 0 N–H and O–H groups in total. The topological polar surface area (TPSA) is 60.5 Å². The Balaban J connectivity index is 1.69. The van der Waals surface area contributed by atoms with E-state index in [1.165, 1.54) is 6.26 Å². The molecule has 0 aliphatic rings. The summed E-state index contributed by atoms with van der Waals surface area (Å²) in [6, 6.07) is 11.2. The maximum Gasteiger partial charge on any atom is 0.289 e. The molecule has 3 aromatic rings. The van der Waals surface area contributed by atoms with Gasteiger partial charge in [-0.25, -0.2) is 4.98 Å². The van der Waals surface area contributed by atoms with Gasteiger partial charge in [0.15, 0.2) is 5.76 Å². The number of amides is 1. The number of nitrogens with zero attached hydrogens (tertiary/aromatic N) is 3. The second kappa shape index (κ2) is 7.04. The van der Waals surface area contributed by atoms with Crippen molar-refractivity contribution in [3.63, 3.8) is 0 Å². The standard InChI is InChI=1S/C18H19N3O3/c1-20(18(22)16-4-3-11-24-16)13-17-19-9-10-21(17)12-14-5-7-15(23-2)8-6-14/h3-11H,12-13H2,1-2H3. The number of ether oxygens (including phenoxy) is 1. The quantitative estimate of drug-likeness (QED) is 0.699. The predicted octanol–water partition coefficient (Wildman–Crippen LogP) is 2.81. The molecule has 0 radical (unpaired) electrons. The monoisotopic (exact) mass is 325 g/mol. The molecule has 2 aromatic heterocycles. The van der Waals surface area contributed by atoms with Crippen LogP contribution in [0.4, 0.5) is 0 Å². The van der Waals surface area contributed by atoms with E-state index in [1.807, 2.05) is 35.0 Å². The number of hydrogen-bond donors (Lipinski definition) is 0. The number of rotatable bonds is 6. The molecule has 0 unspecified atom stereocenters. The number of hydrogen-bond acceptors (Lipinski definition) is 4. The lowest BCUT2D eigenvalue weighted by Gasteiger charge is -2.16. The van der Waals surface area contributed by atoms with Crippen molar-refractivity contribution in [1.29, 1.82) is 0 Å². The lowest BCUT2D eigenvalue weighted by Crippen LogP contribution is -2.27. The highest BCUT2D eigenvalue weighted by molar-refractivity contribution is 5.91. The number of benzene rings is 1. The van der Waals surface area contributed by atoms with Crippen molar-refractivity contribution in [3.8, 4) is 5.75 Å². The summed E-state index contributed by atoms with van der Waals surface area (Å²) in [4.78, 5) is 18.2. The smallest absolute Gasteiger partial charge is 0.289 e. The molecule has 0 fully saturated rings. The number of methoxy groups -OCH3 is 1. The van der Waals surface area contributed by atoms with Gasteiger partial charge >= 0.3 is 0 Å². The van der Waals surface area contributed by atoms with Crippen molar-refractivity contribution in [2.24, 2.45) is 0 Å². The lowest BCUT2D eigenvalue weighted by atomic mass is 10.2. The van der Waals surface area contributed by atoms with E-state index in [2.05, 4.69) is 4.98 Å². The van der Waals surface area contributed by atoms with E-state index in [4.69, 9.17) is 9.15 Å². The minimum atomic E-state index is -0.168. The normalized spacial score (nSPS) is 10.6. The molecule has 3 rings (SSSR count). The Labute approximate surface area is 140 Å². The van der Waals surface area contributed by atoms with E-state index in [0.717, 1.165) is 17.1 Å². The van der Waals surface area contributed by atoms with E-state index in [0.29, 0.717) is 18.8 Å². The van der Waals surface area contributed by atoms with Crippen molar-refractivity contribution < 1.29 is 13.9 Å². The fourth-order valence-electron chi connectivity index (χ4n) is 2.44. The van der Waals surface area contributed by atoms with Gasteiger partial charge in [0, 0.05) is 26.0 Å². The largest absolute Gasteiger partial charge is 0.497 e. The van der Waals surface area contributed by atoms with Gasteiger partial charge in [-0.3, -0.25) is 4.79 Å². The molecule has 0 bridgehead atoms. The summed E-state index contributed by atoms with van der Waals surface area (Å²) in [5.41, 5.74) is 1.13.